The zero-order valence-electron chi connectivity index (χ0n) is 23.2. The van der Waals surface area contributed by atoms with Crippen LogP contribution in [0.5, 0.6) is 0 Å². The van der Waals surface area contributed by atoms with Crippen molar-refractivity contribution >= 4 is 81.3 Å². The third kappa shape index (κ3) is 3.86. The van der Waals surface area contributed by atoms with Crippen LogP contribution in [0.4, 0.5) is 17.1 Å². The molecule has 0 N–H and O–H groups in total. The van der Waals surface area contributed by atoms with E-state index in [2.05, 4.69) is 144 Å². The molecule has 0 saturated carbocycles. The van der Waals surface area contributed by atoms with Crippen LogP contribution in [0.3, 0.4) is 0 Å². The molecule has 43 heavy (non-hydrogen) atoms. The number of thiophene rings is 1. The molecule has 0 unspecified atom stereocenters. The summed E-state index contributed by atoms with van der Waals surface area (Å²) in [6.07, 6.45) is 0. The Hall–Kier alpha value is -5.38. The van der Waals surface area contributed by atoms with E-state index in [1.54, 1.807) is 0 Å². The number of benzene rings is 7. The highest BCUT2D eigenvalue weighted by Gasteiger charge is 2.20. The quantitative estimate of drug-likeness (QED) is 0.210. The van der Waals surface area contributed by atoms with Crippen LogP contribution in [0, 0.1) is 0 Å². The number of furan rings is 1. The summed E-state index contributed by atoms with van der Waals surface area (Å²) in [5.41, 5.74) is 7.44. The van der Waals surface area contributed by atoms with Gasteiger partial charge in [0.05, 0.1) is 5.69 Å². The minimum absolute atomic E-state index is 0.885. The van der Waals surface area contributed by atoms with E-state index < -0.39 is 0 Å². The molecule has 3 heteroatoms. The number of anilines is 3. The van der Waals surface area contributed by atoms with Crippen LogP contribution >= 0.6 is 11.3 Å². The lowest BCUT2D eigenvalue weighted by Gasteiger charge is -2.28. The van der Waals surface area contributed by atoms with Gasteiger partial charge in [0.1, 0.15) is 11.2 Å². The van der Waals surface area contributed by atoms with Crippen molar-refractivity contribution in [2.45, 2.75) is 0 Å². The van der Waals surface area contributed by atoms with Crippen LogP contribution in [0.25, 0.3) is 64.0 Å². The van der Waals surface area contributed by atoms with Gasteiger partial charge in [0, 0.05) is 53.9 Å². The molecule has 9 aromatic rings. The first-order valence-corrected chi connectivity index (χ1v) is 15.3. The SMILES string of the molecule is c1ccc(-c2ccccc2N(c2ccc3c(c2)oc2ccccc23)c2ccc3c(c2)sc2c4ccccc4ccc32)cc1. The van der Waals surface area contributed by atoms with Crippen LogP contribution in [0.15, 0.2) is 156 Å². The molecular formula is C40H25NOS. The molecule has 0 spiro atoms. The van der Waals surface area contributed by atoms with Gasteiger partial charge in [0.2, 0.25) is 0 Å². The molecule has 0 aliphatic carbocycles. The van der Waals surface area contributed by atoms with E-state index in [0.29, 0.717) is 0 Å². The maximum atomic E-state index is 6.36. The van der Waals surface area contributed by atoms with Crippen molar-refractivity contribution in [3.8, 4) is 11.1 Å². The maximum absolute atomic E-state index is 6.36. The number of hydrogen-bond acceptors (Lipinski definition) is 3. The Morgan fingerprint density at radius 3 is 2.05 bits per heavy atom. The van der Waals surface area contributed by atoms with Crippen LogP contribution in [-0.4, -0.2) is 0 Å². The average molecular weight is 568 g/mol. The van der Waals surface area contributed by atoms with Crippen LogP contribution in [0.1, 0.15) is 0 Å². The summed E-state index contributed by atoms with van der Waals surface area (Å²) in [6.45, 7) is 0. The van der Waals surface area contributed by atoms with Gasteiger partial charge in [-0.05, 0) is 52.7 Å². The second kappa shape index (κ2) is 9.59. The lowest BCUT2D eigenvalue weighted by molar-refractivity contribution is 0.669. The minimum Gasteiger partial charge on any atom is -0.456 e. The summed E-state index contributed by atoms with van der Waals surface area (Å²) >= 11 is 1.87. The van der Waals surface area contributed by atoms with Gasteiger partial charge in [0.25, 0.3) is 0 Å². The molecule has 0 fully saturated rings. The maximum Gasteiger partial charge on any atom is 0.137 e. The zero-order valence-corrected chi connectivity index (χ0v) is 24.0. The van der Waals surface area contributed by atoms with Gasteiger partial charge >= 0.3 is 0 Å². The molecule has 0 amide bonds. The number of hydrogen-bond donors (Lipinski definition) is 0. The fraction of sp³-hybridized carbons (Fsp3) is 0. The summed E-state index contributed by atoms with van der Waals surface area (Å²) in [5.74, 6) is 0. The highest BCUT2D eigenvalue weighted by atomic mass is 32.1. The first kappa shape index (κ1) is 24.2. The molecule has 0 atom stereocenters. The number of para-hydroxylation sites is 2. The first-order chi connectivity index (χ1) is 21.3. The van der Waals surface area contributed by atoms with Crippen molar-refractivity contribution in [1.29, 1.82) is 0 Å². The highest BCUT2D eigenvalue weighted by molar-refractivity contribution is 7.26. The number of fused-ring (bicyclic) bond motifs is 8. The largest absolute Gasteiger partial charge is 0.456 e. The Balaban J connectivity index is 1.30. The Morgan fingerprint density at radius 1 is 0.465 bits per heavy atom. The van der Waals surface area contributed by atoms with Gasteiger partial charge < -0.3 is 9.32 Å². The van der Waals surface area contributed by atoms with Crippen LogP contribution < -0.4 is 4.90 Å². The summed E-state index contributed by atoms with van der Waals surface area (Å²) < 4.78 is 8.97. The summed E-state index contributed by atoms with van der Waals surface area (Å²) in [6, 6.07) is 54.2. The summed E-state index contributed by atoms with van der Waals surface area (Å²) in [5, 5.41) is 7.45. The predicted molar refractivity (Wildman–Crippen MR) is 184 cm³/mol. The average Bonchev–Trinajstić information content (AvgIpc) is 3.63. The highest BCUT2D eigenvalue weighted by Crippen LogP contribution is 2.45. The third-order valence-electron chi connectivity index (χ3n) is 8.46. The monoisotopic (exact) mass is 567 g/mol. The van der Waals surface area contributed by atoms with E-state index >= 15 is 0 Å². The fourth-order valence-corrected chi connectivity index (χ4v) is 7.71. The van der Waals surface area contributed by atoms with Crippen molar-refractivity contribution in [2.24, 2.45) is 0 Å². The molecule has 0 aliphatic heterocycles. The molecule has 9 rings (SSSR count). The van der Waals surface area contributed by atoms with Crippen molar-refractivity contribution in [3.05, 3.63) is 152 Å². The first-order valence-electron chi connectivity index (χ1n) is 14.5. The molecule has 7 aromatic carbocycles. The summed E-state index contributed by atoms with van der Waals surface area (Å²) in [7, 11) is 0. The van der Waals surface area contributed by atoms with E-state index in [4.69, 9.17) is 4.42 Å². The van der Waals surface area contributed by atoms with Crippen LogP contribution in [-0.2, 0) is 0 Å². The van der Waals surface area contributed by atoms with E-state index in [9.17, 15) is 0 Å². The van der Waals surface area contributed by atoms with Crippen molar-refractivity contribution in [1.82, 2.24) is 0 Å². The molecule has 0 saturated heterocycles. The Labute approximate surface area is 252 Å². The lowest BCUT2D eigenvalue weighted by Crippen LogP contribution is -2.11. The lowest BCUT2D eigenvalue weighted by atomic mass is 10.0. The second-order valence-electron chi connectivity index (χ2n) is 10.9. The van der Waals surface area contributed by atoms with Gasteiger partial charge in [-0.1, -0.05) is 109 Å². The van der Waals surface area contributed by atoms with Gasteiger partial charge in [0.15, 0.2) is 0 Å². The smallest absolute Gasteiger partial charge is 0.137 e. The minimum atomic E-state index is 0.885. The molecule has 0 bridgehead atoms. The van der Waals surface area contributed by atoms with Gasteiger partial charge in [-0.15, -0.1) is 11.3 Å². The fourth-order valence-electron chi connectivity index (χ4n) is 6.44. The second-order valence-corrected chi connectivity index (χ2v) is 12.0. The van der Waals surface area contributed by atoms with Crippen molar-refractivity contribution < 1.29 is 4.42 Å². The topological polar surface area (TPSA) is 16.4 Å². The van der Waals surface area contributed by atoms with E-state index in [-0.39, 0.29) is 0 Å². The van der Waals surface area contributed by atoms with Crippen molar-refractivity contribution in [3.63, 3.8) is 0 Å². The van der Waals surface area contributed by atoms with Crippen molar-refractivity contribution in [2.75, 3.05) is 4.90 Å². The summed E-state index contributed by atoms with van der Waals surface area (Å²) in [4.78, 5) is 2.37. The van der Waals surface area contributed by atoms with Gasteiger partial charge in [-0.3, -0.25) is 0 Å². The van der Waals surface area contributed by atoms with E-state index in [1.165, 1.54) is 42.1 Å². The van der Waals surface area contributed by atoms with Gasteiger partial charge in [-0.25, -0.2) is 0 Å². The zero-order chi connectivity index (χ0) is 28.3. The molecule has 2 aromatic heterocycles. The molecule has 2 nitrogen and oxygen atoms in total. The van der Waals surface area contributed by atoms with E-state index in [0.717, 1.165) is 39.0 Å². The number of rotatable bonds is 4. The molecule has 202 valence electrons. The van der Waals surface area contributed by atoms with Gasteiger partial charge in [-0.2, -0.15) is 0 Å². The standard InChI is InChI=1S/C40H25NOS/c1-2-10-26(11-3-1)30-13-6-8-16-36(30)41(28-19-22-33-32-15-7-9-17-37(32)42-38(33)24-28)29-20-23-34-35-21-18-27-12-4-5-14-31(27)40(35)43-39(34)25-29/h1-25H. The van der Waals surface area contributed by atoms with E-state index in [1.807, 2.05) is 23.5 Å². The predicted octanol–water partition coefficient (Wildman–Crippen LogP) is 12.2. The molecule has 2 heterocycles. The third-order valence-corrected chi connectivity index (χ3v) is 9.66. The normalized spacial score (nSPS) is 11.7. The number of nitrogens with zero attached hydrogens (tertiary/aromatic N) is 1. The molecular weight excluding hydrogens is 543 g/mol. The molecule has 0 radical (unpaired) electrons. The Kier molecular flexibility index (Phi) is 5.40. The van der Waals surface area contributed by atoms with Crippen LogP contribution in [0.2, 0.25) is 0 Å². The Bertz CT molecular complexity index is 2470. The Morgan fingerprint density at radius 2 is 1.14 bits per heavy atom. The molecule has 0 aliphatic rings.